The third kappa shape index (κ3) is 1.77. The molecule has 14 heavy (non-hydrogen) atoms. The Morgan fingerprint density at radius 3 is 2.36 bits per heavy atom. The Kier molecular flexibility index (Phi) is 2.62. The van der Waals surface area contributed by atoms with Gasteiger partial charge in [0.25, 0.3) is 5.78 Å². The Morgan fingerprint density at radius 1 is 1.43 bits per heavy atom. The van der Waals surface area contributed by atoms with Gasteiger partial charge in [-0.1, -0.05) is 30.3 Å². The Labute approximate surface area is 80.1 Å². The van der Waals surface area contributed by atoms with Crippen LogP contribution < -0.4 is 0 Å². The maximum Gasteiger partial charge on any atom is 0.383 e. The highest BCUT2D eigenvalue weighted by molar-refractivity contribution is 6.00. The van der Waals surface area contributed by atoms with Crippen LogP contribution in [0.1, 0.15) is 17.3 Å². The van der Waals surface area contributed by atoms with Crippen molar-refractivity contribution in [1.82, 2.24) is 0 Å². The van der Waals surface area contributed by atoms with E-state index in [1.165, 1.54) is 12.1 Å². The molecule has 0 fully saturated rings. The van der Waals surface area contributed by atoms with Gasteiger partial charge in [0.2, 0.25) is 0 Å². The fourth-order valence-corrected chi connectivity index (χ4v) is 0.946. The minimum absolute atomic E-state index is 0.120. The highest BCUT2D eigenvalue weighted by Crippen LogP contribution is 2.13. The Bertz CT molecular complexity index is 358. The first-order chi connectivity index (χ1) is 6.46. The zero-order valence-corrected chi connectivity index (χ0v) is 7.51. The van der Waals surface area contributed by atoms with Crippen LogP contribution in [0.25, 0.3) is 0 Å². The summed E-state index contributed by atoms with van der Waals surface area (Å²) in [4.78, 5) is 20.8. The average molecular weight is 195 g/mol. The van der Waals surface area contributed by atoms with E-state index in [2.05, 4.69) is 0 Å². The quantitative estimate of drug-likeness (QED) is 0.335. The van der Waals surface area contributed by atoms with Gasteiger partial charge < -0.3 is 5.11 Å². The Hall–Kier alpha value is -1.75. The lowest BCUT2D eigenvalue weighted by molar-refractivity contribution is -0.596. The molecule has 1 N–H and O–H groups in total. The van der Waals surface area contributed by atoms with Crippen molar-refractivity contribution < 1.29 is 14.8 Å². The first-order valence-electron chi connectivity index (χ1n) is 3.93. The molecule has 0 amide bonds. The van der Waals surface area contributed by atoms with Gasteiger partial charge in [-0.25, -0.2) is 0 Å². The van der Waals surface area contributed by atoms with Gasteiger partial charge in [0, 0.05) is 12.5 Å². The summed E-state index contributed by atoms with van der Waals surface area (Å²) in [5.41, 5.74) is -2.43. The van der Waals surface area contributed by atoms with E-state index in [0.29, 0.717) is 0 Å². The Balaban J connectivity index is 3.03. The highest BCUT2D eigenvalue weighted by Gasteiger charge is 2.43. The second-order valence-electron chi connectivity index (χ2n) is 2.97. The minimum atomic E-state index is -2.55. The van der Waals surface area contributed by atoms with E-state index >= 15 is 0 Å². The van der Waals surface area contributed by atoms with Gasteiger partial charge in [-0.15, -0.1) is 0 Å². The van der Waals surface area contributed by atoms with Gasteiger partial charge in [-0.05, 0) is 0 Å². The van der Waals surface area contributed by atoms with Crippen LogP contribution in [0.3, 0.4) is 0 Å². The number of carbonyl (C=O) groups is 1. The lowest BCUT2D eigenvalue weighted by atomic mass is 10.0. The lowest BCUT2D eigenvalue weighted by Crippen LogP contribution is -2.43. The minimum Gasteiger partial charge on any atom is -0.324 e. The van der Waals surface area contributed by atoms with Gasteiger partial charge in [0.15, 0.2) is 0 Å². The predicted octanol–water partition coefficient (Wildman–Crippen LogP) is 0.854. The summed E-state index contributed by atoms with van der Waals surface area (Å²) in [7, 11) is 0. The second kappa shape index (κ2) is 3.55. The molecular formula is C9H9NO4. The number of aliphatic hydroxyl groups is 1. The van der Waals surface area contributed by atoms with Crippen molar-refractivity contribution in [3.05, 3.63) is 46.0 Å². The fraction of sp³-hybridized carbons (Fsp3) is 0.222. The van der Waals surface area contributed by atoms with E-state index in [4.69, 9.17) is 0 Å². The monoisotopic (exact) mass is 195 g/mol. The number of hydrogen-bond acceptors (Lipinski definition) is 4. The van der Waals surface area contributed by atoms with Gasteiger partial charge in [-0.2, -0.15) is 0 Å². The zero-order valence-electron chi connectivity index (χ0n) is 7.51. The maximum atomic E-state index is 11.4. The number of rotatable bonds is 3. The Morgan fingerprint density at radius 2 is 1.93 bits per heavy atom. The molecule has 0 radical (unpaired) electrons. The molecule has 1 unspecified atom stereocenters. The maximum absolute atomic E-state index is 11.4. The van der Waals surface area contributed by atoms with E-state index in [1.54, 1.807) is 18.2 Å². The number of ketones is 1. The summed E-state index contributed by atoms with van der Waals surface area (Å²) in [6.45, 7) is 0.863. The van der Waals surface area contributed by atoms with E-state index in [9.17, 15) is 20.0 Å². The molecule has 1 aromatic carbocycles. The standard InChI is InChI=1S/C9H9NO4/c1-9(12,10(13)14)8(11)7-5-3-2-4-6-7/h2-6,12H,1H3. The third-order valence-corrected chi connectivity index (χ3v) is 1.82. The molecule has 1 rings (SSSR count). The normalized spacial score (nSPS) is 14.4. The first kappa shape index (κ1) is 10.3. The smallest absolute Gasteiger partial charge is 0.324 e. The molecule has 0 spiro atoms. The van der Waals surface area contributed by atoms with Crippen LogP contribution in [0.5, 0.6) is 0 Å². The molecule has 1 atom stereocenters. The summed E-state index contributed by atoms with van der Waals surface area (Å²) >= 11 is 0. The number of nitro groups is 1. The molecular weight excluding hydrogens is 186 g/mol. The topological polar surface area (TPSA) is 80.4 Å². The molecule has 5 nitrogen and oxygen atoms in total. The molecule has 0 aliphatic carbocycles. The molecule has 0 aliphatic rings. The molecule has 0 aliphatic heterocycles. The SMILES string of the molecule is CC(O)(C(=O)c1ccccc1)[N+](=O)[O-]. The first-order valence-corrected chi connectivity index (χ1v) is 3.93. The summed E-state index contributed by atoms with van der Waals surface area (Å²) in [5, 5.41) is 19.6. The molecule has 0 saturated heterocycles. The van der Waals surface area contributed by atoms with Crippen molar-refractivity contribution in [1.29, 1.82) is 0 Å². The van der Waals surface area contributed by atoms with E-state index in [-0.39, 0.29) is 5.56 Å². The van der Waals surface area contributed by atoms with Crippen molar-refractivity contribution in [2.75, 3.05) is 0 Å². The van der Waals surface area contributed by atoms with Gasteiger partial charge in [-0.3, -0.25) is 14.9 Å². The van der Waals surface area contributed by atoms with E-state index in [1.807, 2.05) is 0 Å². The van der Waals surface area contributed by atoms with Crippen molar-refractivity contribution >= 4 is 5.78 Å². The van der Waals surface area contributed by atoms with Crippen LogP contribution in [0, 0.1) is 10.1 Å². The second-order valence-corrected chi connectivity index (χ2v) is 2.97. The lowest BCUT2D eigenvalue weighted by Gasteiger charge is -2.11. The molecule has 0 saturated carbocycles. The number of nitrogens with zero attached hydrogens (tertiary/aromatic N) is 1. The largest absolute Gasteiger partial charge is 0.383 e. The van der Waals surface area contributed by atoms with E-state index in [0.717, 1.165) is 6.92 Å². The number of benzene rings is 1. The van der Waals surface area contributed by atoms with Crippen molar-refractivity contribution in [3.63, 3.8) is 0 Å². The molecule has 1 aromatic rings. The average Bonchev–Trinajstić information content (AvgIpc) is 2.17. The van der Waals surface area contributed by atoms with Crippen LogP contribution in [0.15, 0.2) is 30.3 Å². The van der Waals surface area contributed by atoms with Gasteiger partial charge >= 0.3 is 5.72 Å². The summed E-state index contributed by atoms with van der Waals surface area (Å²) < 4.78 is 0. The van der Waals surface area contributed by atoms with Gasteiger partial charge in [0.1, 0.15) is 0 Å². The van der Waals surface area contributed by atoms with Crippen LogP contribution >= 0.6 is 0 Å². The number of carbonyl (C=O) groups excluding carboxylic acids is 1. The summed E-state index contributed by atoms with van der Waals surface area (Å²) in [5.74, 6) is -0.914. The predicted molar refractivity (Wildman–Crippen MR) is 48.4 cm³/mol. The molecule has 0 aromatic heterocycles. The number of Topliss-reactive ketones (excluding diaryl/α,β-unsaturated/α-hetero) is 1. The zero-order chi connectivity index (χ0) is 10.8. The van der Waals surface area contributed by atoms with Crippen molar-refractivity contribution in [2.24, 2.45) is 0 Å². The molecule has 5 heteroatoms. The van der Waals surface area contributed by atoms with E-state index < -0.39 is 16.4 Å². The molecule has 74 valence electrons. The van der Waals surface area contributed by atoms with Crippen LogP contribution in [0.4, 0.5) is 0 Å². The fourth-order valence-electron chi connectivity index (χ4n) is 0.946. The van der Waals surface area contributed by atoms with Gasteiger partial charge in [0.05, 0.1) is 4.92 Å². The van der Waals surface area contributed by atoms with Crippen molar-refractivity contribution in [2.45, 2.75) is 12.6 Å². The summed E-state index contributed by atoms with van der Waals surface area (Å²) in [6, 6.07) is 7.66. The third-order valence-electron chi connectivity index (χ3n) is 1.82. The van der Waals surface area contributed by atoms with Crippen LogP contribution in [-0.2, 0) is 0 Å². The molecule has 0 bridgehead atoms. The van der Waals surface area contributed by atoms with Crippen LogP contribution in [0.2, 0.25) is 0 Å². The number of hydrogen-bond donors (Lipinski definition) is 1. The molecule has 0 heterocycles. The van der Waals surface area contributed by atoms with Crippen molar-refractivity contribution in [3.8, 4) is 0 Å². The van der Waals surface area contributed by atoms with Crippen LogP contribution in [-0.4, -0.2) is 21.5 Å². The highest BCUT2D eigenvalue weighted by atomic mass is 16.7. The summed E-state index contributed by atoms with van der Waals surface area (Å²) in [6.07, 6.45) is 0.